The summed E-state index contributed by atoms with van der Waals surface area (Å²) >= 11 is 0. The van der Waals surface area contributed by atoms with Gasteiger partial charge in [-0.1, -0.05) is 30.3 Å². The second-order valence-corrected chi connectivity index (χ2v) is 6.71. The van der Waals surface area contributed by atoms with Gasteiger partial charge in [-0.2, -0.15) is 5.06 Å². The van der Waals surface area contributed by atoms with Crippen molar-refractivity contribution in [2.24, 2.45) is 0 Å². The van der Waals surface area contributed by atoms with Crippen LogP contribution in [0.3, 0.4) is 0 Å². The van der Waals surface area contributed by atoms with E-state index in [-0.39, 0.29) is 23.6 Å². The number of piperazine rings is 1. The summed E-state index contributed by atoms with van der Waals surface area (Å²) in [5.74, 6) is -0.276. The van der Waals surface area contributed by atoms with Gasteiger partial charge < -0.3 is 5.32 Å². The van der Waals surface area contributed by atoms with Gasteiger partial charge in [0.2, 0.25) is 0 Å². The normalized spacial score (nSPS) is 22.1. The zero-order valence-electron chi connectivity index (χ0n) is 15.8. The maximum atomic E-state index is 12.5. The van der Waals surface area contributed by atoms with Gasteiger partial charge in [0.15, 0.2) is 11.6 Å². The minimum Gasteiger partial charge on any atom is -0.389 e. The third-order valence-electron chi connectivity index (χ3n) is 4.79. The van der Waals surface area contributed by atoms with E-state index in [1.165, 1.54) is 0 Å². The van der Waals surface area contributed by atoms with Crippen LogP contribution in [0, 0.1) is 0 Å². The number of carbonyl (C=O) groups excluding carboxylic acids is 2. The van der Waals surface area contributed by atoms with Crippen molar-refractivity contribution in [3.63, 3.8) is 0 Å². The lowest BCUT2D eigenvalue weighted by Gasteiger charge is -2.33. The van der Waals surface area contributed by atoms with Crippen LogP contribution in [0.2, 0.25) is 0 Å². The molecule has 1 heterocycles. The molecule has 0 atom stereocenters. The Bertz CT molecular complexity index is 719. The Morgan fingerprint density at radius 3 is 2.56 bits per heavy atom. The molecule has 0 radical (unpaired) electrons. The molecule has 3 rings (SSSR count). The molecule has 27 heavy (non-hydrogen) atoms. The van der Waals surface area contributed by atoms with E-state index in [0.717, 1.165) is 38.3 Å². The Balaban J connectivity index is 1.47. The highest BCUT2D eigenvalue weighted by atomic mass is 16.7. The Hall–Kier alpha value is -2.28. The lowest BCUT2D eigenvalue weighted by molar-refractivity contribution is -0.172. The number of benzene rings is 1. The summed E-state index contributed by atoms with van der Waals surface area (Å²) in [6.07, 6.45) is 3.58. The van der Waals surface area contributed by atoms with E-state index in [1.807, 2.05) is 42.3 Å². The highest BCUT2D eigenvalue weighted by Crippen LogP contribution is 2.24. The first-order valence-corrected chi connectivity index (χ1v) is 9.54. The van der Waals surface area contributed by atoms with E-state index in [2.05, 4.69) is 10.2 Å². The zero-order valence-corrected chi connectivity index (χ0v) is 15.8. The SMILES string of the molecule is CCON1CCN(CCNC=C2C(=O)CC(=Cc3ccccc3)C2=O)CC1. The summed E-state index contributed by atoms with van der Waals surface area (Å²) < 4.78 is 0. The third kappa shape index (κ3) is 5.35. The smallest absolute Gasteiger partial charge is 0.194 e. The van der Waals surface area contributed by atoms with Gasteiger partial charge in [-0.3, -0.25) is 19.3 Å². The summed E-state index contributed by atoms with van der Waals surface area (Å²) in [6, 6.07) is 9.61. The number of nitrogens with zero attached hydrogens (tertiary/aromatic N) is 2. The average Bonchev–Trinajstić information content (AvgIpc) is 2.94. The van der Waals surface area contributed by atoms with Crippen molar-refractivity contribution in [3.8, 4) is 0 Å². The maximum absolute atomic E-state index is 12.5. The topological polar surface area (TPSA) is 61.9 Å². The molecule has 1 aromatic carbocycles. The monoisotopic (exact) mass is 369 g/mol. The third-order valence-corrected chi connectivity index (χ3v) is 4.79. The molecule has 6 heteroatoms. The lowest BCUT2D eigenvalue weighted by atomic mass is 10.1. The molecule has 1 saturated heterocycles. The average molecular weight is 369 g/mol. The molecule has 1 N–H and O–H groups in total. The van der Waals surface area contributed by atoms with Crippen LogP contribution in [0.1, 0.15) is 18.9 Å². The number of hydrogen-bond acceptors (Lipinski definition) is 6. The molecule has 1 aliphatic heterocycles. The minimum absolute atomic E-state index is 0.111. The quantitative estimate of drug-likeness (QED) is 0.448. The Morgan fingerprint density at radius 1 is 1.11 bits per heavy atom. The molecule has 144 valence electrons. The van der Waals surface area contributed by atoms with Crippen LogP contribution in [0.5, 0.6) is 0 Å². The molecule has 2 fully saturated rings. The van der Waals surface area contributed by atoms with Crippen LogP contribution in [-0.4, -0.2) is 67.4 Å². The van der Waals surface area contributed by atoms with Crippen molar-refractivity contribution in [3.05, 3.63) is 53.2 Å². The molecule has 2 aliphatic rings. The van der Waals surface area contributed by atoms with E-state index in [4.69, 9.17) is 4.84 Å². The van der Waals surface area contributed by atoms with E-state index in [0.29, 0.717) is 18.7 Å². The fraction of sp³-hybridized carbons (Fsp3) is 0.429. The van der Waals surface area contributed by atoms with Crippen LogP contribution in [0.25, 0.3) is 6.08 Å². The summed E-state index contributed by atoms with van der Waals surface area (Å²) in [5, 5.41) is 5.14. The van der Waals surface area contributed by atoms with Crippen LogP contribution in [-0.2, 0) is 14.4 Å². The molecule has 0 bridgehead atoms. The molecule has 1 aliphatic carbocycles. The van der Waals surface area contributed by atoms with Crippen LogP contribution in [0.15, 0.2) is 47.7 Å². The van der Waals surface area contributed by atoms with Crippen molar-refractivity contribution in [2.45, 2.75) is 13.3 Å². The van der Waals surface area contributed by atoms with Crippen molar-refractivity contribution in [2.75, 3.05) is 45.9 Å². The molecule has 0 spiro atoms. The van der Waals surface area contributed by atoms with Gasteiger partial charge in [-0.15, -0.1) is 0 Å². The first kappa shape index (κ1) is 19.5. The molecular formula is C21H27N3O3. The number of ketones is 2. The summed E-state index contributed by atoms with van der Waals surface area (Å²) in [5.41, 5.74) is 1.76. The predicted molar refractivity (Wildman–Crippen MR) is 105 cm³/mol. The van der Waals surface area contributed by atoms with Gasteiger partial charge in [-0.25, -0.2) is 0 Å². The van der Waals surface area contributed by atoms with Crippen LogP contribution >= 0.6 is 0 Å². The van der Waals surface area contributed by atoms with E-state index >= 15 is 0 Å². The van der Waals surface area contributed by atoms with Crippen LogP contribution in [0.4, 0.5) is 0 Å². The van der Waals surface area contributed by atoms with Gasteiger partial charge in [0.1, 0.15) is 0 Å². The molecule has 0 aromatic heterocycles. The number of Topliss-reactive ketones (excluding diaryl/α,β-unsaturated/α-hetero) is 2. The first-order chi connectivity index (χ1) is 13.2. The highest BCUT2D eigenvalue weighted by molar-refractivity contribution is 6.34. The summed E-state index contributed by atoms with van der Waals surface area (Å²) in [4.78, 5) is 32.5. The second-order valence-electron chi connectivity index (χ2n) is 6.71. The molecule has 1 saturated carbocycles. The number of hydrogen-bond donors (Lipinski definition) is 1. The van der Waals surface area contributed by atoms with Crippen molar-refractivity contribution in [1.82, 2.24) is 15.3 Å². The fourth-order valence-corrected chi connectivity index (χ4v) is 3.32. The van der Waals surface area contributed by atoms with E-state index in [1.54, 1.807) is 12.3 Å². The minimum atomic E-state index is -0.165. The standard InChI is InChI=1S/C21H27N3O3/c1-2-27-24-12-10-23(11-13-24)9-8-22-16-19-20(25)15-18(21(19)26)14-17-6-4-3-5-7-17/h3-7,14,16,22H,2,8-13,15H2,1H3. The zero-order chi connectivity index (χ0) is 19.1. The number of rotatable bonds is 7. The summed E-state index contributed by atoms with van der Waals surface area (Å²) in [6.45, 7) is 8.00. The molecule has 1 aromatic rings. The number of carbonyl (C=O) groups is 2. The predicted octanol–water partition coefficient (Wildman–Crippen LogP) is 1.65. The largest absolute Gasteiger partial charge is 0.389 e. The summed E-state index contributed by atoms with van der Waals surface area (Å²) in [7, 11) is 0. The van der Waals surface area contributed by atoms with Crippen molar-refractivity contribution < 1.29 is 14.4 Å². The van der Waals surface area contributed by atoms with Gasteiger partial charge in [-0.05, 0) is 18.6 Å². The van der Waals surface area contributed by atoms with Gasteiger partial charge >= 0.3 is 0 Å². The molecule has 0 amide bonds. The molecular weight excluding hydrogens is 342 g/mol. The number of allylic oxidation sites excluding steroid dienone is 2. The van der Waals surface area contributed by atoms with Crippen LogP contribution < -0.4 is 5.32 Å². The van der Waals surface area contributed by atoms with Crippen molar-refractivity contribution in [1.29, 1.82) is 0 Å². The maximum Gasteiger partial charge on any atom is 0.194 e. The first-order valence-electron chi connectivity index (χ1n) is 9.54. The molecule has 6 nitrogen and oxygen atoms in total. The number of hydroxylamine groups is 2. The Kier molecular flexibility index (Phi) is 6.92. The van der Waals surface area contributed by atoms with Crippen molar-refractivity contribution >= 4 is 17.6 Å². The Labute approximate surface area is 160 Å². The highest BCUT2D eigenvalue weighted by Gasteiger charge is 2.31. The molecule has 0 unspecified atom stereocenters. The fourth-order valence-electron chi connectivity index (χ4n) is 3.32. The van der Waals surface area contributed by atoms with Gasteiger partial charge in [0.05, 0.1) is 12.2 Å². The lowest BCUT2D eigenvalue weighted by Crippen LogP contribution is -2.47. The van der Waals surface area contributed by atoms with E-state index in [9.17, 15) is 9.59 Å². The Morgan fingerprint density at radius 2 is 1.85 bits per heavy atom. The van der Waals surface area contributed by atoms with E-state index < -0.39 is 0 Å². The van der Waals surface area contributed by atoms with Gasteiger partial charge in [0.25, 0.3) is 0 Å². The van der Waals surface area contributed by atoms with Gasteiger partial charge in [0, 0.05) is 57.5 Å². The second kappa shape index (κ2) is 9.60. The number of nitrogens with one attached hydrogen (secondary N) is 1.